The van der Waals surface area contributed by atoms with Crippen LogP contribution in [-0.4, -0.2) is 38.3 Å². The molecule has 5 nitrogen and oxygen atoms in total. The van der Waals surface area contributed by atoms with E-state index < -0.39 is 5.97 Å². The second-order valence-electron chi connectivity index (χ2n) is 6.05. The molecule has 0 radical (unpaired) electrons. The number of fused-ring (bicyclic) bond motifs is 1. The number of carboxylic acid groups (broad SMARTS) is 1. The summed E-state index contributed by atoms with van der Waals surface area (Å²) in [7, 11) is 1.81. The Bertz CT molecular complexity index is 543. The molecule has 2 fully saturated rings. The van der Waals surface area contributed by atoms with E-state index in [9.17, 15) is 9.90 Å². The van der Waals surface area contributed by atoms with Crippen LogP contribution in [0.3, 0.4) is 0 Å². The van der Waals surface area contributed by atoms with Crippen LogP contribution in [0.2, 0.25) is 5.15 Å². The molecule has 0 spiro atoms. The third-order valence-corrected chi connectivity index (χ3v) is 5.34. The molecule has 3 unspecified atom stereocenters. The molecule has 3 atom stereocenters. The first kappa shape index (κ1) is 13.9. The molecule has 1 aliphatic heterocycles. The minimum atomic E-state index is -0.697. The Balaban J connectivity index is 1.84. The predicted molar refractivity (Wildman–Crippen MR) is 75.6 cm³/mol. The maximum atomic E-state index is 11.6. The summed E-state index contributed by atoms with van der Waals surface area (Å²) in [6, 6.07) is -0.363. The Hall–Kier alpha value is -1.07. The van der Waals surface area contributed by atoms with Gasteiger partial charge < -0.3 is 5.11 Å². The van der Waals surface area contributed by atoms with Crippen molar-refractivity contribution in [1.29, 1.82) is 0 Å². The highest BCUT2D eigenvalue weighted by atomic mass is 35.5. The molecule has 1 N–H and O–H groups in total. The number of aromatic nitrogens is 2. The second-order valence-corrected chi connectivity index (χ2v) is 6.40. The average molecular weight is 298 g/mol. The van der Waals surface area contributed by atoms with E-state index >= 15 is 0 Å². The zero-order valence-electron chi connectivity index (χ0n) is 11.8. The van der Waals surface area contributed by atoms with Gasteiger partial charge in [0, 0.05) is 25.7 Å². The molecule has 0 aromatic carbocycles. The van der Waals surface area contributed by atoms with Gasteiger partial charge in [0.05, 0.1) is 5.69 Å². The molecule has 1 saturated heterocycles. The van der Waals surface area contributed by atoms with Crippen molar-refractivity contribution in [2.45, 2.75) is 38.8 Å². The number of rotatable bonds is 3. The molecule has 110 valence electrons. The van der Waals surface area contributed by atoms with Crippen LogP contribution in [0.5, 0.6) is 0 Å². The largest absolute Gasteiger partial charge is 0.480 e. The Labute approximate surface area is 123 Å². The zero-order chi connectivity index (χ0) is 14.4. The van der Waals surface area contributed by atoms with E-state index in [4.69, 9.17) is 11.6 Å². The summed E-state index contributed by atoms with van der Waals surface area (Å²) in [6.45, 7) is 3.38. The van der Waals surface area contributed by atoms with Gasteiger partial charge in [0.2, 0.25) is 0 Å². The van der Waals surface area contributed by atoms with Crippen LogP contribution in [0.4, 0.5) is 0 Å². The average Bonchev–Trinajstić information content (AvgIpc) is 2.98. The summed E-state index contributed by atoms with van der Waals surface area (Å²) in [4.78, 5) is 13.7. The molecular weight excluding hydrogens is 278 g/mol. The lowest BCUT2D eigenvalue weighted by molar-refractivity contribution is -0.143. The normalized spacial score (nSPS) is 29.9. The van der Waals surface area contributed by atoms with E-state index in [1.54, 1.807) is 4.68 Å². The number of hydrogen-bond acceptors (Lipinski definition) is 3. The Kier molecular flexibility index (Phi) is 3.50. The lowest BCUT2D eigenvalue weighted by atomic mass is 9.94. The molecule has 0 bridgehead atoms. The number of nitrogens with zero attached hydrogens (tertiary/aromatic N) is 3. The van der Waals surface area contributed by atoms with Crippen molar-refractivity contribution in [1.82, 2.24) is 14.7 Å². The minimum Gasteiger partial charge on any atom is -0.480 e. The summed E-state index contributed by atoms with van der Waals surface area (Å²) in [6.07, 6.45) is 3.36. The van der Waals surface area contributed by atoms with Crippen molar-refractivity contribution in [3.63, 3.8) is 0 Å². The number of halogens is 1. The molecule has 3 rings (SSSR count). The first-order chi connectivity index (χ1) is 9.49. The monoisotopic (exact) mass is 297 g/mol. The van der Waals surface area contributed by atoms with Crippen molar-refractivity contribution < 1.29 is 9.90 Å². The van der Waals surface area contributed by atoms with Crippen LogP contribution in [0.1, 0.15) is 30.5 Å². The molecule has 1 aromatic heterocycles. The van der Waals surface area contributed by atoms with E-state index in [1.165, 1.54) is 6.42 Å². The first-order valence-electron chi connectivity index (χ1n) is 7.14. The molecule has 2 heterocycles. The SMILES string of the molecule is Cc1nn(C)c(Cl)c1CN1CC2CCCC2C1C(=O)O. The standard InChI is InChI=1S/C14H20ClN3O2/c1-8-11(13(15)17(2)16-8)7-18-6-9-4-3-5-10(9)12(18)14(19)20/h9-10,12H,3-7H2,1-2H3,(H,19,20). The van der Waals surface area contributed by atoms with Gasteiger partial charge in [0.15, 0.2) is 0 Å². The number of likely N-dealkylation sites (tertiary alicyclic amines) is 1. The van der Waals surface area contributed by atoms with Crippen molar-refractivity contribution in [3.8, 4) is 0 Å². The number of carbonyl (C=O) groups is 1. The molecule has 6 heteroatoms. The van der Waals surface area contributed by atoms with E-state index in [0.717, 1.165) is 30.6 Å². The van der Waals surface area contributed by atoms with Gasteiger partial charge in [0.25, 0.3) is 0 Å². The summed E-state index contributed by atoms with van der Waals surface area (Å²) in [5.41, 5.74) is 1.85. The topological polar surface area (TPSA) is 58.4 Å². The van der Waals surface area contributed by atoms with Gasteiger partial charge >= 0.3 is 5.97 Å². The number of hydrogen-bond donors (Lipinski definition) is 1. The van der Waals surface area contributed by atoms with Gasteiger partial charge in [-0.05, 0) is 31.6 Å². The lowest BCUT2D eigenvalue weighted by Gasteiger charge is -2.24. The molecule has 1 aromatic rings. The van der Waals surface area contributed by atoms with Crippen LogP contribution in [0.15, 0.2) is 0 Å². The summed E-state index contributed by atoms with van der Waals surface area (Å²) in [5, 5.41) is 14.5. The summed E-state index contributed by atoms with van der Waals surface area (Å²) >= 11 is 6.27. The third kappa shape index (κ3) is 2.13. The Morgan fingerprint density at radius 2 is 2.25 bits per heavy atom. The van der Waals surface area contributed by atoms with Crippen molar-refractivity contribution in [2.24, 2.45) is 18.9 Å². The van der Waals surface area contributed by atoms with E-state index in [2.05, 4.69) is 10.00 Å². The summed E-state index contributed by atoms with van der Waals surface area (Å²) in [5.74, 6) is 0.146. The van der Waals surface area contributed by atoms with Crippen molar-refractivity contribution in [2.75, 3.05) is 6.54 Å². The van der Waals surface area contributed by atoms with Crippen LogP contribution in [0.25, 0.3) is 0 Å². The highest BCUT2D eigenvalue weighted by molar-refractivity contribution is 6.30. The Morgan fingerprint density at radius 3 is 2.85 bits per heavy atom. The van der Waals surface area contributed by atoms with Gasteiger partial charge in [-0.1, -0.05) is 18.0 Å². The Morgan fingerprint density at radius 1 is 1.50 bits per heavy atom. The number of aliphatic carboxylic acids is 1. The van der Waals surface area contributed by atoms with Gasteiger partial charge in [-0.2, -0.15) is 5.10 Å². The fourth-order valence-electron chi connectivity index (χ4n) is 3.95. The molecule has 0 amide bonds. The van der Waals surface area contributed by atoms with E-state index in [1.807, 2.05) is 14.0 Å². The van der Waals surface area contributed by atoms with Crippen LogP contribution < -0.4 is 0 Å². The lowest BCUT2D eigenvalue weighted by Crippen LogP contribution is -2.39. The summed E-state index contributed by atoms with van der Waals surface area (Å²) < 4.78 is 1.65. The smallest absolute Gasteiger partial charge is 0.321 e. The number of carboxylic acids is 1. The predicted octanol–water partition coefficient (Wildman–Crippen LogP) is 2.07. The van der Waals surface area contributed by atoms with Gasteiger partial charge in [-0.25, -0.2) is 0 Å². The van der Waals surface area contributed by atoms with Gasteiger partial charge in [-0.15, -0.1) is 0 Å². The quantitative estimate of drug-likeness (QED) is 0.928. The molecule has 1 saturated carbocycles. The second kappa shape index (κ2) is 5.04. The van der Waals surface area contributed by atoms with Gasteiger partial charge in [0.1, 0.15) is 11.2 Å². The molecular formula is C14H20ClN3O2. The van der Waals surface area contributed by atoms with E-state index in [-0.39, 0.29) is 6.04 Å². The van der Waals surface area contributed by atoms with Crippen molar-refractivity contribution >= 4 is 17.6 Å². The molecule has 1 aliphatic carbocycles. The molecule has 20 heavy (non-hydrogen) atoms. The fraction of sp³-hybridized carbons (Fsp3) is 0.714. The fourth-order valence-corrected chi connectivity index (χ4v) is 4.19. The van der Waals surface area contributed by atoms with Crippen LogP contribution in [0, 0.1) is 18.8 Å². The van der Waals surface area contributed by atoms with Crippen LogP contribution in [-0.2, 0) is 18.4 Å². The highest BCUT2D eigenvalue weighted by Crippen LogP contribution is 2.43. The highest BCUT2D eigenvalue weighted by Gasteiger charge is 2.47. The maximum Gasteiger partial charge on any atom is 0.321 e. The van der Waals surface area contributed by atoms with Crippen molar-refractivity contribution in [3.05, 3.63) is 16.4 Å². The first-order valence-corrected chi connectivity index (χ1v) is 7.51. The van der Waals surface area contributed by atoms with E-state index in [0.29, 0.717) is 23.5 Å². The zero-order valence-corrected chi connectivity index (χ0v) is 12.6. The minimum absolute atomic E-state index is 0.309. The maximum absolute atomic E-state index is 11.6. The third-order valence-electron chi connectivity index (χ3n) is 4.87. The molecule has 2 aliphatic rings. The number of aryl methyl sites for hydroxylation is 2. The van der Waals surface area contributed by atoms with Gasteiger partial charge in [-0.3, -0.25) is 14.4 Å². The van der Waals surface area contributed by atoms with Crippen LogP contribution >= 0.6 is 11.6 Å².